The van der Waals surface area contributed by atoms with Crippen molar-refractivity contribution in [1.29, 1.82) is 0 Å². The molecule has 2 heterocycles. The third-order valence-electron chi connectivity index (χ3n) is 6.31. The normalized spacial score (nSPS) is 20.5. The quantitative estimate of drug-likeness (QED) is 0.515. The summed E-state index contributed by atoms with van der Waals surface area (Å²) in [5.41, 5.74) is -0.509. The first kappa shape index (κ1) is 27.9. The summed E-state index contributed by atoms with van der Waals surface area (Å²) in [6.07, 6.45) is 3.82. The number of aliphatic carboxylic acids is 1. The van der Waals surface area contributed by atoms with Crippen LogP contribution in [-0.2, 0) is 23.9 Å². The van der Waals surface area contributed by atoms with Gasteiger partial charge in [-0.1, -0.05) is 0 Å². The summed E-state index contributed by atoms with van der Waals surface area (Å²) in [6, 6.07) is -0.590. The molecule has 2 aliphatic heterocycles. The largest absolute Gasteiger partial charge is 0.481 e. The predicted octanol–water partition coefficient (Wildman–Crippen LogP) is 2.26. The van der Waals surface area contributed by atoms with Gasteiger partial charge < -0.3 is 29.7 Å². The Labute approximate surface area is 202 Å². The zero-order chi connectivity index (χ0) is 25.3. The van der Waals surface area contributed by atoms with Gasteiger partial charge in [-0.25, -0.2) is 4.79 Å². The summed E-state index contributed by atoms with van der Waals surface area (Å²) >= 11 is 0. The van der Waals surface area contributed by atoms with E-state index < -0.39 is 17.6 Å². The maximum Gasteiger partial charge on any atom is 0.410 e. The summed E-state index contributed by atoms with van der Waals surface area (Å²) in [7, 11) is 1.46. The average molecular weight is 484 g/mol. The van der Waals surface area contributed by atoms with Crippen molar-refractivity contribution < 1.29 is 33.8 Å². The van der Waals surface area contributed by atoms with Crippen LogP contribution in [0.2, 0.25) is 0 Å². The van der Waals surface area contributed by atoms with Gasteiger partial charge in [0.15, 0.2) is 0 Å². The monoisotopic (exact) mass is 483 g/mol. The fraction of sp³-hybridized carbons (Fsp3) is 0.833. The Hall–Kier alpha value is -2.36. The Kier molecular flexibility index (Phi) is 10.6. The Bertz CT molecular complexity index is 714. The van der Waals surface area contributed by atoms with E-state index in [0.29, 0.717) is 44.9 Å². The molecule has 2 saturated heterocycles. The fourth-order valence-corrected chi connectivity index (χ4v) is 4.52. The first-order chi connectivity index (χ1) is 16.0. The molecule has 194 valence electrons. The minimum absolute atomic E-state index is 0.0473. The fourth-order valence-electron chi connectivity index (χ4n) is 4.52. The molecule has 1 unspecified atom stereocenters. The Balaban J connectivity index is 1.75. The number of likely N-dealkylation sites (tertiary alicyclic amines) is 2. The molecule has 2 rings (SSSR count). The first-order valence-corrected chi connectivity index (χ1v) is 12.2. The number of amides is 3. The maximum absolute atomic E-state index is 12.8. The van der Waals surface area contributed by atoms with Crippen molar-refractivity contribution >= 4 is 23.9 Å². The van der Waals surface area contributed by atoms with Crippen molar-refractivity contribution in [3.63, 3.8) is 0 Å². The lowest BCUT2D eigenvalue weighted by atomic mass is 9.91. The summed E-state index contributed by atoms with van der Waals surface area (Å²) < 4.78 is 10.4. The van der Waals surface area contributed by atoms with E-state index in [2.05, 4.69) is 5.32 Å². The predicted molar refractivity (Wildman–Crippen MR) is 125 cm³/mol. The van der Waals surface area contributed by atoms with Crippen molar-refractivity contribution in [2.45, 2.75) is 77.4 Å². The second-order valence-corrected chi connectivity index (χ2v) is 10.4. The van der Waals surface area contributed by atoms with Crippen LogP contribution < -0.4 is 5.32 Å². The van der Waals surface area contributed by atoms with E-state index in [1.165, 1.54) is 7.11 Å². The van der Waals surface area contributed by atoms with E-state index in [0.717, 1.165) is 25.7 Å². The van der Waals surface area contributed by atoms with Gasteiger partial charge in [-0.3, -0.25) is 14.4 Å². The highest BCUT2D eigenvalue weighted by Crippen LogP contribution is 2.25. The highest BCUT2D eigenvalue weighted by atomic mass is 16.6. The molecule has 0 bridgehead atoms. The second-order valence-electron chi connectivity index (χ2n) is 10.4. The molecule has 0 spiro atoms. The van der Waals surface area contributed by atoms with E-state index in [1.807, 2.05) is 20.8 Å². The topological polar surface area (TPSA) is 125 Å². The number of nitrogens with one attached hydrogen (secondary N) is 1. The van der Waals surface area contributed by atoms with E-state index in [4.69, 9.17) is 14.6 Å². The smallest absolute Gasteiger partial charge is 0.410 e. The van der Waals surface area contributed by atoms with Crippen LogP contribution in [0.3, 0.4) is 0 Å². The van der Waals surface area contributed by atoms with Crippen LogP contribution in [0.5, 0.6) is 0 Å². The van der Waals surface area contributed by atoms with Crippen molar-refractivity contribution in [2.24, 2.45) is 11.8 Å². The molecule has 10 heteroatoms. The highest BCUT2D eigenvalue weighted by Gasteiger charge is 2.31. The lowest BCUT2D eigenvalue weighted by Crippen LogP contribution is -2.49. The van der Waals surface area contributed by atoms with Crippen LogP contribution in [0.25, 0.3) is 0 Å². The molecule has 2 atom stereocenters. The molecule has 2 N–H and O–H groups in total. The number of hydrogen-bond acceptors (Lipinski definition) is 6. The molecule has 0 aromatic rings. The average Bonchev–Trinajstić information content (AvgIpc) is 2.76. The summed E-state index contributed by atoms with van der Waals surface area (Å²) in [5, 5.41) is 11.8. The molecule has 0 saturated carbocycles. The van der Waals surface area contributed by atoms with Gasteiger partial charge in [0.2, 0.25) is 11.8 Å². The third kappa shape index (κ3) is 9.48. The van der Waals surface area contributed by atoms with Gasteiger partial charge in [-0.2, -0.15) is 0 Å². The number of carbonyl (C=O) groups is 4. The van der Waals surface area contributed by atoms with Crippen molar-refractivity contribution in [1.82, 2.24) is 15.1 Å². The van der Waals surface area contributed by atoms with Gasteiger partial charge >= 0.3 is 12.1 Å². The zero-order valence-corrected chi connectivity index (χ0v) is 21.0. The minimum atomic E-state index is -1.00. The number of hydrogen-bond donors (Lipinski definition) is 2. The number of ether oxygens (including phenoxy) is 2. The summed E-state index contributed by atoms with van der Waals surface area (Å²) in [5.74, 6) is -1.14. The van der Waals surface area contributed by atoms with E-state index in [1.54, 1.807) is 9.80 Å². The Morgan fingerprint density at radius 2 is 1.74 bits per heavy atom. The number of nitrogens with zero attached hydrogens (tertiary/aromatic N) is 2. The molecule has 0 radical (unpaired) electrons. The van der Waals surface area contributed by atoms with E-state index in [9.17, 15) is 19.2 Å². The molecule has 10 nitrogen and oxygen atoms in total. The van der Waals surface area contributed by atoms with Gasteiger partial charge in [-0.05, 0) is 58.8 Å². The summed E-state index contributed by atoms with van der Waals surface area (Å²) in [4.78, 5) is 52.2. The molecule has 3 amide bonds. The molecule has 0 aromatic heterocycles. The number of piperidine rings is 2. The van der Waals surface area contributed by atoms with Crippen molar-refractivity contribution in [3.05, 3.63) is 0 Å². The molecule has 0 aromatic carbocycles. The van der Waals surface area contributed by atoms with Gasteiger partial charge in [-0.15, -0.1) is 0 Å². The number of carbonyl (C=O) groups excluding carboxylic acids is 3. The van der Waals surface area contributed by atoms with E-state index in [-0.39, 0.29) is 36.9 Å². The Morgan fingerprint density at radius 3 is 2.32 bits per heavy atom. The number of rotatable bonds is 9. The van der Waals surface area contributed by atoms with Crippen molar-refractivity contribution in [2.75, 3.05) is 39.9 Å². The van der Waals surface area contributed by atoms with Gasteiger partial charge in [0.1, 0.15) is 5.60 Å². The van der Waals surface area contributed by atoms with E-state index >= 15 is 0 Å². The third-order valence-corrected chi connectivity index (χ3v) is 6.31. The van der Waals surface area contributed by atoms with Crippen LogP contribution in [0.4, 0.5) is 4.79 Å². The number of carboxylic acids is 1. The molecule has 34 heavy (non-hydrogen) atoms. The zero-order valence-electron chi connectivity index (χ0n) is 21.0. The van der Waals surface area contributed by atoms with Gasteiger partial charge in [0.25, 0.3) is 0 Å². The second kappa shape index (κ2) is 12.9. The lowest BCUT2D eigenvalue weighted by Gasteiger charge is -2.35. The maximum atomic E-state index is 12.8. The SMILES string of the molecule is COCC(CC(=O)O)NC(=O)[C@@H]1CCCN(C(=O)CCC2CCN(C(=O)OC(C)(C)C)CC2)C1. The van der Waals surface area contributed by atoms with Crippen LogP contribution in [0, 0.1) is 11.8 Å². The van der Waals surface area contributed by atoms with Crippen LogP contribution in [0.1, 0.15) is 65.7 Å². The van der Waals surface area contributed by atoms with Gasteiger partial charge in [0, 0.05) is 39.7 Å². The number of carboxylic acid groups (broad SMARTS) is 1. The van der Waals surface area contributed by atoms with Gasteiger partial charge in [0.05, 0.1) is 25.0 Å². The molecular weight excluding hydrogens is 442 g/mol. The highest BCUT2D eigenvalue weighted by molar-refractivity contribution is 5.82. The standard InChI is InChI=1S/C24H41N3O7/c1-24(2,3)34-23(32)26-12-9-17(10-13-26)7-8-20(28)27-11-5-6-18(15-27)22(31)25-19(16-33-4)14-21(29)30/h17-19H,5-16H2,1-4H3,(H,25,31)(H,29,30)/t18-,19?/m1/s1. The lowest BCUT2D eigenvalue weighted by molar-refractivity contribution is -0.138. The molecule has 0 aliphatic carbocycles. The molecular formula is C24H41N3O7. The van der Waals surface area contributed by atoms with Crippen LogP contribution in [-0.4, -0.2) is 90.3 Å². The van der Waals surface area contributed by atoms with Crippen molar-refractivity contribution in [3.8, 4) is 0 Å². The Morgan fingerprint density at radius 1 is 1.06 bits per heavy atom. The summed E-state index contributed by atoms with van der Waals surface area (Å²) in [6.45, 7) is 7.95. The molecule has 2 aliphatic rings. The first-order valence-electron chi connectivity index (χ1n) is 12.2. The number of methoxy groups -OCH3 is 1. The minimum Gasteiger partial charge on any atom is -0.481 e. The van der Waals surface area contributed by atoms with Crippen LogP contribution in [0.15, 0.2) is 0 Å². The van der Waals surface area contributed by atoms with Crippen LogP contribution >= 0.6 is 0 Å². The molecule has 2 fully saturated rings.